The summed E-state index contributed by atoms with van der Waals surface area (Å²) >= 11 is 0. The predicted octanol–water partition coefficient (Wildman–Crippen LogP) is 3.76. The normalized spacial score (nSPS) is 10.8. The average Bonchev–Trinajstić information content (AvgIpc) is 2.41. The third-order valence-electron chi connectivity index (χ3n) is 2.95. The van der Waals surface area contributed by atoms with Crippen molar-refractivity contribution in [1.29, 1.82) is 0 Å². The van der Waals surface area contributed by atoms with Crippen LogP contribution in [0, 0.1) is 11.6 Å². The highest BCUT2D eigenvalue weighted by molar-refractivity contribution is 5.92. The van der Waals surface area contributed by atoms with Gasteiger partial charge in [-0.3, -0.25) is 0 Å². The van der Waals surface area contributed by atoms with Gasteiger partial charge in [0.15, 0.2) is 0 Å². The number of nitrogens with zero attached hydrogens (tertiary/aromatic N) is 1. The van der Waals surface area contributed by atoms with E-state index in [-0.39, 0.29) is 5.56 Å². The molecule has 3 rings (SSSR count). The first-order valence-electron chi connectivity index (χ1n) is 5.76. The lowest BCUT2D eigenvalue weighted by Crippen LogP contribution is -1.94. The number of anilines is 1. The number of hydrogen-bond acceptors (Lipinski definition) is 2. The first-order chi connectivity index (χ1) is 9.15. The Morgan fingerprint density at radius 2 is 1.74 bits per heavy atom. The van der Waals surface area contributed by atoms with Gasteiger partial charge in [0.25, 0.3) is 0 Å². The molecule has 19 heavy (non-hydrogen) atoms. The summed E-state index contributed by atoms with van der Waals surface area (Å²) in [6, 6.07) is 12.1. The van der Waals surface area contributed by atoms with Crippen molar-refractivity contribution in [2.75, 3.05) is 5.73 Å². The number of pyridine rings is 1. The van der Waals surface area contributed by atoms with Crippen molar-refractivity contribution in [2.24, 2.45) is 0 Å². The van der Waals surface area contributed by atoms with Crippen LogP contribution in [0.15, 0.2) is 48.5 Å². The molecule has 4 heteroatoms. The van der Waals surface area contributed by atoms with Crippen molar-refractivity contribution < 1.29 is 8.78 Å². The highest BCUT2D eigenvalue weighted by Crippen LogP contribution is 2.28. The van der Waals surface area contributed by atoms with Gasteiger partial charge in [0.05, 0.1) is 11.2 Å². The molecule has 1 aromatic heterocycles. The molecule has 0 radical (unpaired) electrons. The third kappa shape index (κ3) is 2.01. The molecule has 0 aliphatic heterocycles. The van der Waals surface area contributed by atoms with Crippen molar-refractivity contribution >= 4 is 16.6 Å². The lowest BCUT2D eigenvalue weighted by atomic mass is 10.1. The fraction of sp³-hybridized carbons (Fsp3) is 0. The minimum atomic E-state index is -0.524. The van der Waals surface area contributed by atoms with Gasteiger partial charge in [-0.15, -0.1) is 0 Å². The Bertz CT molecular complexity index is 769. The number of benzene rings is 2. The number of aromatic nitrogens is 1. The van der Waals surface area contributed by atoms with Gasteiger partial charge in [-0.05, 0) is 30.3 Å². The van der Waals surface area contributed by atoms with E-state index >= 15 is 0 Å². The van der Waals surface area contributed by atoms with E-state index in [9.17, 15) is 8.78 Å². The number of rotatable bonds is 1. The van der Waals surface area contributed by atoms with E-state index in [1.54, 1.807) is 12.1 Å². The summed E-state index contributed by atoms with van der Waals surface area (Å²) in [5, 5.41) is 0.795. The van der Waals surface area contributed by atoms with Crippen molar-refractivity contribution in [1.82, 2.24) is 4.98 Å². The van der Waals surface area contributed by atoms with Crippen LogP contribution < -0.4 is 5.73 Å². The van der Waals surface area contributed by atoms with Crippen LogP contribution >= 0.6 is 0 Å². The van der Waals surface area contributed by atoms with Crippen LogP contribution in [0.1, 0.15) is 0 Å². The SMILES string of the molecule is Nc1cc(-c2cc(F)ccc2F)nc2ccccc12. The van der Waals surface area contributed by atoms with Gasteiger partial charge in [0, 0.05) is 16.6 Å². The maximum atomic E-state index is 13.7. The molecule has 2 N–H and O–H groups in total. The van der Waals surface area contributed by atoms with E-state index in [1.807, 2.05) is 18.2 Å². The van der Waals surface area contributed by atoms with Crippen LogP contribution in [0.3, 0.4) is 0 Å². The van der Waals surface area contributed by atoms with Crippen molar-refractivity contribution in [3.63, 3.8) is 0 Å². The summed E-state index contributed by atoms with van der Waals surface area (Å²) < 4.78 is 27.0. The van der Waals surface area contributed by atoms with Gasteiger partial charge in [0.1, 0.15) is 11.6 Å². The highest BCUT2D eigenvalue weighted by Gasteiger charge is 2.10. The monoisotopic (exact) mass is 256 g/mol. The molecule has 0 spiro atoms. The lowest BCUT2D eigenvalue weighted by Gasteiger charge is -2.07. The zero-order chi connectivity index (χ0) is 13.4. The van der Waals surface area contributed by atoms with Gasteiger partial charge in [-0.1, -0.05) is 18.2 Å². The Kier molecular flexibility index (Phi) is 2.63. The largest absolute Gasteiger partial charge is 0.398 e. The molecule has 0 aliphatic carbocycles. The topological polar surface area (TPSA) is 38.9 Å². The van der Waals surface area contributed by atoms with Gasteiger partial charge < -0.3 is 5.73 Å². The van der Waals surface area contributed by atoms with Crippen molar-refractivity contribution in [3.8, 4) is 11.3 Å². The van der Waals surface area contributed by atoms with Crippen LogP contribution in [-0.2, 0) is 0 Å². The second kappa shape index (κ2) is 4.31. The van der Waals surface area contributed by atoms with Crippen LogP contribution in [0.4, 0.5) is 14.5 Å². The Hall–Kier alpha value is -2.49. The third-order valence-corrected chi connectivity index (χ3v) is 2.95. The molecule has 2 nitrogen and oxygen atoms in total. The molecule has 3 aromatic rings. The molecular weight excluding hydrogens is 246 g/mol. The quantitative estimate of drug-likeness (QED) is 0.720. The summed E-state index contributed by atoms with van der Waals surface area (Å²) in [6.45, 7) is 0. The summed E-state index contributed by atoms with van der Waals surface area (Å²) in [6.07, 6.45) is 0. The minimum absolute atomic E-state index is 0.109. The molecule has 1 heterocycles. The summed E-state index contributed by atoms with van der Waals surface area (Å²) in [7, 11) is 0. The molecule has 94 valence electrons. The van der Waals surface area contributed by atoms with Gasteiger partial charge in [-0.2, -0.15) is 0 Å². The molecule has 0 saturated heterocycles. The molecule has 0 fully saturated rings. The fourth-order valence-corrected chi connectivity index (χ4v) is 2.03. The van der Waals surface area contributed by atoms with E-state index in [0.717, 1.165) is 23.6 Å². The Balaban J connectivity index is 2.28. The molecule has 0 bridgehead atoms. The van der Waals surface area contributed by atoms with Gasteiger partial charge >= 0.3 is 0 Å². The predicted molar refractivity (Wildman–Crippen MR) is 71.5 cm³/mol. The van der Waals surface area contributed by atoms with Crippen LogP contribution in [0.2, 0.25) is 0 Å². The Labute approximate surface area is 108 Å². The summed E-state index contributed by atoms with van der Waals surface area (Å²) in [5.74, 6) is -1.03. The van der Waals surface area contributed by atoms with Crippen LogP contribution in [-0.4, -0.2) is 4.98 Å². The summed E-state index contributed by atoms with van der Waals surface area (Å²) in [4.78, 5) is 4.32. The smallest absolute Gasteiger partial charge is 0.132 e. The Morgan fingerprint density at radius 3 is 2.58 bits per heavy atom. The van der Waals surface area contributed by atoms with Crippen LogP contribution in [0.5, 0.6) is 0 Å². The number of nitrogens with two attached hydrogens (primary N) is 1. The van der Waals surface area contributed by atoms with Crippen molar-refractivity contribution in [2.45, 2.75) is 0 Å². The maximum absolute atomic E-state index is 13.7. The number of nitrogen functional groups attached to an aromatic ring is 1. The zero-order valence-electron chi connectivity index (χ0n) is 9.90. The molecule has 0 amide bonds. The van der Waals surface area contributed by atoms with Gasteiger partial charge in [0.2, 0.25) is 0 Å². The Morgan fingerprint density at radius 1 is 0.947 bits per heavy atom. The van der Waals surface area contributed by atoms with E-state index in [2.05, 4.69) is 4.98 Å². The molecule has 0 saturated carbocycles. The number of hydrogen-bond donors (Lipinski definition) is 1. The van der Waals surface area contributed by atoms with E-state index in [4.69, 9.17) is 5.73 Å². The number of fused-ring (bicyclic) bond motifs is 1. The van der Waals surface area contributed by atoms with E-state index in [0.29, 0.717) is 16.9 Å². The van der Waals surface area contributed by atoms with Crippen LogP contribution in [0.25, 0.3) is 22.2 Å². The zero-order valence-corrected chi connectivity index (χ0v) is 9.90. The lowest BCUT2D eigenvalue weighted by molar-refractivity contribution is 0.602. The first-order valence-corrected chi connectivity index (χ1v) is 5.76. The first kappa shape index (κ1) is 11.6. The molecule has 2 aromatic carbocycles. The fourth-order valence-electron chi connectivity index (χ4n) is 2.03. The van der Waals surface area contributed by atoms with E-state index < -0.39 is 11.6 Å². The molecular formula is C15H10F2N2. The molecule has 0 atom stereocenters. The van der Waals surface area contributed by atoms with Gasteiger partial charge in [-0.25, -0.2) is 13.8 Å². The maximum Gasteiger partial charge on any atom is 0.132 e. The standard InChI is InChI=1S/C15H10F2N2/c16-9-5-6-12(17)11(7-9)15-8-13(18)10-3-1-2-4-14(10)19-15/h1-8H,(H2,18,19). The summed E-state index contributed by atoms with van der Waals surface area (Å²) in [5.41, 5.74) is 7.51. The second-order valence-corrected chi connectivity index (χ2v) is 4.24. The number of halogens is 2. The minimum Gasteiger partial charge on any atom is -0.398 e. The van der Waals surface area contributed by atoms with E-state index in [1.165, 1.54) is 0 Å². The van der Waals surface area contributed by atoms with Crippen molar-refractivity contribution in [3.05, 3.63) is 60.2 Å². The second-order valence-electron chi connectivity index (χ2n) is 4.24. The molecule has 0 unspecified atom stereocenters. The highest BCUT2D eigenvalue weighted by atomic mass is 19.1. The molecule has 0 aliphatic rings. The number of para-hydroxylation sites is 1. The average molecular weight is 256 g/mol.